The molecular formula is C17H14N2O8S. The van der Waals surface area contributed by atoms with Crippen LogP contribution in [0.4, 0.5) is 5.69 Å². The third-order valence-electron chi connectivity index (χ3n) is 4.11. The van der Waals surface area contributed by atoms with E-state index in [1.807, 2.05) is 0 Å². The molecule has 1 amide bonds. The predicted octanol–water partition coefficient (Wildman–Crippen LogP) is 2.15. The van der Waals surface area contributed by atoms with Gasteiger partial charge in [0.1, 0.15) is 17.5 Å². The average molecular weight is 406 g/mol. The Morgan fingerprint density at radius 2 is 1.64 bits per heavy atom. The minimum absolute atomic E-state index is 0.0747. The molecule has 3 rings (SSSR count). The lowest BCUT2D eigenvalue weighted by atomic mass is 10.2. The molecule has 0 radical (unpaired) electrons. The number of rotatable bonds is 6. The Morgan fingerprint density at radius 3 is 2.14 bits per heavy atom. The molecular weight excluding hydrogens is 392 g/mol. The molecule has 28 heavy (non-hydrogen) atoms. The number of carbonyl (C=O) groups is 2. The Kier molecular flexibility index (Phi) is 5.01. The lowest BCUT2D eigenvalue weighted by molar-refractivity contribution is -0.384. The van der Waals surface area contributed by atoms with Crippen molar-refractivity contribution in [1.82, 2.24) is 4.31 Å². The zero-order chi connectivity index (χ0) is 20.5. The monoisotopic (exact) mass is 406 g/mol. The molecule has 1 unspecified atom stereocenters. The van der Waals surface area contributed by atoms with Crippen molar-refractivity contribution in [3.63, 3.8) is 0 Å². The van der Waals surface area contributed by atoms with Gasteiger partial charge in [0.2, 0.25) is 5.91 Å². The Labute approximate surface area is 159 Å². The van der Waals surface area contributed by atoms with Gasteiger partial charge < -0.3 is 9.84 Å². The van der Waals surface area contributed by atoms with Gasteiger partial charge in [0.05, 0.1) is 9.82 Å². The molecule has 0 spiro atoms. The maximum atomic E-state index is 12.7. The number of benzene rings is 2. The Morgan fingerprint density at radius 1 is 1.11 bits per heavy atom. The molecule has 1 heterocycles. The van der Waals surface area contributed by atoms with Crippen molar-refractivity contribution < 1.29 is 32.8 Å². The minimum atomic E-state index is -4.31. The summed E-state index contributed by atoms with van der Waals surface area (Å²) in [4.78, 5) is 33.0. The fraction of sp³-hybridized carbons (Fsp3) is 0.176. The molecule has 2 aromatic rings. The highest BCUT2D eigenvalue weighted by atomic mass is 32.2. The summed E-state index contributed by atoms with van der Waals surface area (Å²) in [7, 11) is -4.31. The van der Waals surface area contributed by atoms with Crippen LogP contribution in [0, 0.1) is 10.1 Å². The van der Waals surface area contributed by atoms with Gasteiger partial charge in [0.25, 0.3) is 15.7 Å². The van der Waals surface area contributed by atoms with Gasteiger partial charge in [-0.25, -0.2) is 17.5 Å². The first-order valence-corrected chi connectivity index (χ1v) is 9.46. The zero-order valence-electron chi connectivity index (χ0n) is 14.2. The van der Waals surface area contributed by atoms with E-state index >= 15 is 0 Å². The topological polar surface area (TPSA) is 144 Å². The first kappa shape index (κ1) is 19.3. The number of ether oxygens (including phenoxy) is 1. The van der Waals surface area contributed by atoms with E-state index in [9.17, 15) is 28.1 Å². The van der Waals surface area contributed by atoms with Gasteiger partial charge in [-0.3, -0.25) is 14.9 Å². The molecule has 1 aliphatic rings. The van der Waals surface area contributed by atoms with Crippen LogP contribution in [0.25, 0.3) is 0 Å². The van der Waals surface area contributed by atoms with E-state index in [0.29, 0.717) is 10.1 Å². The van der Waals surface area contributed by atoms with Gasteiger partial charge in [-0.05, 0) is 42.8 Å². The van der Waals surface area contributed by atoms with Crippen LogP contribution in [0.2, 0.25) is 0 Å². The van der Waals surface area contributed by atoms with E-state index in [-0.39, 0.29) is 29.2 Å². The number of hydrogen-bond acceptors (Lipinski definition) is 7. The molecule has 1 aliphatic heterocycles. The smallest absolute Gasteiger partial charge is 0.327 e. The Hall–Kier alpha value is -3.47. The van der Waals surface area contributed by atoms with Crippen LogP contribution in [-0.2, 0) is 19.6 Å². The summed E-state index contributed by atoms with van der Waals surface area (Å²) in [6, 6.07) is 8.95. The standard InChI is InChI=1S/C17H14N2O8S/c20-16-10-9-15(17(21)22)18(16)28(25,26)14-7-5-13(6-8-14)27-12-3-1-11(2-4-12)19(23)24/h1-8,15H,9-10H2,(H,21,22). The van der Waals surface area contributed by atoms with Crippen molar-refractivity contribution in [2.45, 2.75) is 23.8 Å². The van der Waals surface area contributed by atoms with Gasteiger partial charge in [0, 0.05) is 18.6 Å². The summed E-state index contributed by atoms with van der Waals surface area (Å²) in [5, 5.41) is 19.8. The lowest BCUT2D eigenvalue weighted by Gasteiger charge is -2.21. The largest absolute Gasteiger partial charge is 0.480 e. The van der Waals surface area contributed by atoms with Gasteiger partial charge in [-0.2, -0.15) is 0 Å². The zero-order valence-corrected chi connectivity index (χ0v) is 15.0. The number of nitro benzene ring substituents is 1. The molecule has 1 N–H and O–H groups in total. The number of carbonyl (C=O) groups excluding carboxylic acids is 1. The molecule has 2 aromatic carbocycles. The number of carboxylic acid groups (broad SMARTS) is 1. The highest BCUT2D eigenvalue weighted by Crippen LogP contribution is 2.29. The Bertz CT molecular complexity index is 1030. The van der Waals surface area contributed by atoms with Crippen LogP contribution in [0.1, 0.15) is 12.8 Å². The van der Waals surface area contributed by atoms with Crippen LogP contribution >= 0.6 is 0 Å². The van der Waals surface area contributed by atoms with E-state index in [4.69, 9.17) is 9.84 Å². The summed E-state index contributed by atoms with van der Waals surface area (Å²) < 4.78 is 31.2. The summed E-state index contributed by atoms with van der Waals surface area (Å²) in [6.07, 6.45) is -0.230. The minimum Gasteiger partial charge on any atom is -0.480 e. The number of aliphatic carboxylic acids is 1. The predicted molar refractivity (Wildman–Crippen MR) is 94.3 cm³/mol. The number of amides is 1. The normalized spacial score (nSPS) is 16.8. The fourth-order valence-corrected chi connectivity index (χ4v) is 4.35. The molecule has 1 fully saturated rings. The fourth-order valence-electron chi connectivity index (χ4n) is 2.75. The van der Waals surface area contributed by atoms with Crippen molar-refractivity contribution in [2.24, 2.45) is 0 Å². The molecule has 0 saturated carbocycles. The molecule has 1 saturated heterocycles. The first-order chi connectivity index (χ1) is 13.2. The molecule has 0 aliphatic carbocycles. The number of carboxylic acids is 1. The van der Waals surface area contributed by atoms with Crippen molar-refractivity contribution in [3.05, 3.63) is 58.6 Å². The van der Waals surface area contributed by atoms with Crippen LogP contribution in [0.15, 0.2) is 53.4 Å². The van der Waals surface area contributed by atoms with Crippen LogP contribution in [0.5, 0.6) is 11.5 Å². The van der Waals surface area contributed by atoms with Crippen molar-refractivity contribution in [3.8, 4) is 11.5 Å². The third-order valence-corrected chi connectivity index (χ3v) is 5.95. The Balaban J connectivity index is 1.80. The van der Waals surface area contributed by atoms with Gasteiger partial charge >= 0.3 is 5.97 Å². The molecule has 11 heteroatoms. The van der Waals surface area contributed by atoms with Crippen molar-refractivity contribution >= 4 is 27.6 Å². The number of nitro groups is 1. The number of nitrogens with zero attached hydrogens (tertiary/aromatic N) is 2. The van der Waals surface area contributed by atoms with Crippen molar-refractivity contribution in [1.29, 1.82) is 0 Å². The van der Waals surface area contributed by atoms with Gasteiger partial charge in [0.15, 0.2) is 0 Å². The van der Waals surface area contributed by atoms with E-state index < -0.39 is 32.9 Å². The maximum Gasteiger partial charge on any atom is 0.327 e. The van der Waals surface area contributed by atoms with E-state index in [0.717, 1.165) is 0 Å². The van der Waals surface area contributed by atoms with E-state index in [2.05, 4.69) is 0 Å². The van der Waals surface area contributed by atoms with Gasteiger partial charge in [-0.1, -0.05) is 0 Å². The van der Waals surface area contributed by atoms with E-state index in [1.54, 1.807) is 0 Å². The number of hydrogen-bond donors (Lipinski definition) is 1. The SMILES string of the molecule is O=C(O)C1CCC(=O)N1S(=O)(=O)c1ccc(Oc2ccc([N+](=O)[O-])cc2)cc1. The highest BCUT2D eigenvalue weighted by Gasteiger charge is 2.44. The van der Waals surface area contributed by atoms with Crippen LogP contribution in [-0.4, -0.2) is 40.7 Å². The quantitative estimate of drug-likeness (QED) is 0.567. The molecule has 10 nitrogen and oxygen atoms in total. The second-order valence-corrected chi connectivity index (χ2v) is 7.73. The van der Waals surface area contributed by atoms with Crippen LogP contribution < -0.4 is 4.74 Å². The summed E-state index contributed by atoms with van der Waals surface area (Å²) in [5.74, 6) is -1.58. The number of sulfonamides is 1. The number of non-ortho nitro benzene ring substituents is 1. The second-order valence-electron chi connectivity index (χ2n) is 5.91. The third kappa shape index (κ3) is 3.64. The first-order valence-electron chi connectivity index (χ1n) is 8.02. The summed E-state index contributed by atoms with van der Waals surface area (Å²) >= 11 is 0. The second kappa shape index (κ2) is 7.27. The van der Waals surface area contributed by atoms with E-state index in [1.165, 1.54) is 48.5 Å². The molecule has 146 valence electrons. The summed E-state index contributed by atoms with van der Waals surface area (Å²) in [5.41, 5.74) is -0.0999. The maximum absolute atomic E-state index is 12.7. The van der Waals surface area contributed by atoms with Crippen molar-refractivity contribution in [2.75, 3.05) is 0 Å². The van der Waals surface area contributed by atoms with Gasteiger partial charge in [-0.15, -0.1) is 0 Å². The lowest BCUT2D eigenvalue weighted by Crippen LogP contribution is -2.42. The average Bonchev–Trinajstić information content (AvgIpc) is 3.05. The summed E-state index contributed by atoms with van der Waals surface area (Å²) in [6.45, 7) is 0. The highest BCUT2D eigenvalue weighted by molar-refractivity contribution is 7.89. The molecule has 0 bridgehead atoms. The van der Waals surface area contributed by atoms with Crippen LogP contribution in [0.3, 0.4) is 0 Å². The molecule has 0 aromatic heterocycles. The molecule has 1 atom stereocenters.